The topological polar surface area (TPSA) is 65.1 Å². The van der Waals surface area contributed by atoms with Crippen molar-refractivity contribution >= 4 is 40.6 Å². The summed E-state index contributed by atoms with van der Waals surface area (Å²) in [5, 5.41) is 0.155. The van der Waals surface area contributed by atoms with E-state index in [0.29, 0.717) is 40.4 Å². The van der Waals surface area contributed by atoms with E-state index < -0.39 is 0 Å². The van der Waals surface area contributed by atoms with Gasteiger partial charge in [-0.25, -0.2) is 0 Å². The minimum Gasteiger partial charge on any atom is -0.490 e. The van der Waals surface area contributed by atoms with Gasteiger partial charge in [0.1, 0.15) is 12.4 Å². The normalized spacial score (nSPS) is 14.8. The van der Waals surface area contributed by atoms with E-state index in [-0.39, 0.29) is 24.3 Å². The van der Waals surface area contributed by atoms with Crippen LogP contribution in [0.2, 0.25) is 5.02 Å². The van der Waals surface area contributed by atoms with Crippen molar-refractivity contribution in [3.8, 4) is 17.2 Å². The lowest BCUT2D eigenvalue weighted by molar-refractivity contribution is -0.123. The molecule has 0 atom stereocenters. The second-order valence-electron chi connectivity index (χ2n) is 6.95. The molecular formula is C24H26ClNO5S. The molecule has 0 saturated carbocycles. The third kappa shape index (κ3) is 6.20. The van der Waals surface area contributed by atoms with E-state index in [1.807, 2.05) is 25.1 Å². The van der Waals surface area contributed by atoms with Crippen LogP contribution in [0.5, 0.6) is 17.2 Å². The van der Waals surface area contributed by atoms with Crippen molar-refractivity contribution in [2.45, 2.75) is 26.7 Å². The van der Waals surface area contributed by atoms with Crippen LogP contribution in [0.3, 0.4) is 0 Å². The third-order valence-corrected chi connectivity index (χ3v) is 5.82. The average Bonchev–Trinajstić information content (AvgIpc) is 3.04. The molecule has 0 spiro atoms. The number of ether oxygens (including phenoxy) is 3. The molecule has 3 rings (SSSR count). The van der Waals surface area contributed by atoms with E-state index in [4.69, 9.17) is 25.8 Å². The number of hydrogen-bond acceptors (Lipinski definition) is 6. The summed E-state index contributed by atoms with van der Waals surface area (Å²) in [6.07, 6.45) is 3.69. The van der Waals surface area contributed by atoms with E-state index in [1.54, 1.807) is 30.3 Å². The Hall–Kier alpha value is -2.64. The van der Waals surface area contributed by atoms with Crippen molar-refractivity contribution in [1.82, 2.24) is 4.90 Å². The Balaban J connectivity index is 1.66. The molecule has 8 heteroatoms. The van der Waals surface area contributed by atoms with Crippen LogP contribution in [0.4, 0.5) is 4.79 Å². The van der Waals surface area contributed by atoms with Gasteiger partial charge >= 0.3 is 0 Å². The number of carbonyl (C=O) groups is 2. The van der Waals surface area contributed by atoms with Crippen molar-refractivity contribution in [3.05, 3.63) is 58.0 Å². The van der Waals surface area contributed by atoms with Gasteiger partial charge in [-0.3, -0.25) is 14.5 Å². The van der Waals surface area contributed by atoms with E-state index in [2.05, 4.69) is 6.92 Å². The Morgan fingerprint density at radius 3 is 2.50 bits per heavy atom. The predicted octanol–water partition coefficient (Wildman–Crippen LogP) is 6.03. The number of halogens is 1. The zero-order valence-corrected chi connectivity index (χ0v) is 19.7. The van der Waals surface area contributed by atoms with Crippen LogP contribution in [0.1, 0.15) is 32.3 Å². The molecule has 1 saturated heterocycles. The highest BCUT2D eigenvalue weighted by atomic mass is 35.5. The molecule has 0 N–H and O–H groups in total. The maximum atomic E-state index is 12.8. The maximum Gasteiger partial charge on any atom is 0.293 e. The molecule has 2 amide bonds. The lowest BCUT2D eigenvalue weighted by atomic mass is 10.2. The summed E-state index contributed by atoms with van der Waals surface area (Å²) in [7, 11) is 0. The van der Waals surface area contributed by atoms with Gasteiger partial charge in [0, 0.05) is 0 Å². The van der Waals surface area contributed by atoms with E-state index in [9.17, 15) is 9.59 Å². The van der Waals surface area contributed by atoms with Crippen LogP contribution in [0, 0.1) is 0 Å². The monoisotopic (exact) mass is 475 g/mol. The van der Waals surface area contributed by atoms with Crippen LogP contribution >= 0.6 is 23.4 Å². The van der Waals surface area contributed by atoms with Crippen molar-refractivity contribution < 1.29 is 23.8 Å². The fourth-order valence-electron chi connectivity index (χ4n) is 2.98. The van der Waals surface area contributed by atoms with Gasteiger partial charge in [-0.05, 0) is 61.0 Å². The second kappa shape index (κ2) is 11.8. The van der Waals surface area contributed by atoms with Crippen molar-refractivity contribution in [2.75, 3.05) is 26.4 Å². The Morgan fingerprint density at radius 1 is 0.969 bits per heavy atom. The number of rotatable bonds is 11. The fourth-order valence-corrected chi connectivity index (χ4v) is 4.04. The first kappa shape index (κ1) is 24.0. The number of thioether (sulfide) groups is 1. The number of carbonyl (C=O) groups excluding carboxylic acids is 2. The van der Waals surface area contributed by atoms with Crippen LogP contribution in [-0.2, 0) is 4.79 Å². The first-order valence-corrected chi connectivity index (χ1v) is 11.7. The van der Waals surface area contributed by atoms with Crippen LogP contribution in [-0.4, -0.2) is 42.4 Å². The molecule has 0 unspecified atom stereocenters. The Labute approximate surface area is 197 Å². The van der Waals surface area contributed by atoms with E-state index >= 15 is 0 Å². The lowest BCUT2D eigenvalue weighted by Gasteiger charge is -2.14. The Kier molecular flexibility index (Phi) is 8.88. The van der Waals surface area contributed by atoms with Gasteiger partial charge in [0.15, 0.2) is 11.5 Å². The minimum atomic E-state index is -0.344. The number of nitrogens with zero attached hydrogens (tertiary/aromatic N) is 1. The molecule has 2 aromatic carbocycles. The standard InChI is InChI=1S/C24H26ClNO5S/c1-3-5-13-30-20-11-10-17(15-21(20)29-4-2)16-22-23(27)26(24(28)32-22)12-14-31-19-9-7-6-8-18(19)25/h6-11,15-16H,3-5,12-14H2,1-2H3/b22-16-. The Morgan fingerprint density at radius 2 is 1.75 bits per heavy atom. The molecule has 2 aromatic rings. The molecule has 0 aliphatic carbocycles. The molecule has 1 fully saturated rings. The molecule has 32 heavy (non-hydrogen) atoms. The number of hydrogen-bond donors (Lipinski definition) is 0. The molecule has 1 aliphatic heterocycles. The smallest absolute Gasteiger partial charge is 0.293 e. The van der Waals surface area contributed by atoms with Gasteiger partial charge in [-0.2, -0.15) is 0 Å². The van der Waals surface area contributed by atoms with Gasteiger partial charge in [-0.15, -0.1) is 0 Å². The number of benzene rings is 2. The van der Waals surface area contributed by atoms with Crippen molar-refractivity contribution in [2.24, 2.45) is 0 Å². The molecule has 1 heterocycles. The first-order valence-electron chi connectivity index (χ1n) is 10.6. The number of para-hydroxylation sites is 1. The van der Waals surface area contributed by atoms with Gasteiger partial charge in [0.25, 0.3) is 11.1 Å². The molecule has 6 nitrogen and oxygen atoms in total. The lowest BCUT2D eigenvalue weighted by Crippen LogP contribution is -2.32. The number of amides is 2. The fraction of sp³-hybridized carbons (Fsp3) is 0.333. The maximum absolute atomic E-state index is 12.8. The molecule has 1 aliphatic rings. The molecular weight excluding hydrogens is 450 g/mol. The predicted molar refractivity (Wildman–Crippen MR) is 128 cm³/mol. The highest BCUT2D eigenvalue weighted by Gasteiger charge is 2.34. The van der Waals surface area contributed by atoms with E-state index in [0.717, 1.165) is 30.2 Å². The SMILES string of the molecule is CCCCOc1ccc(/C=C2\SC(=O)N(CCOc3ccccc3Cl)C2=O)cc1OCC. The zero-order chi connectivity index (χ0) is 22.9. The van der Waals surface area contributed by atoms with Crippen molar-refractivity contribution in [3.63, 3.8) is 0 Å². The summed E-state index contributed by atoms with van der Waals surface area (Å²) in [6.45, 7) is 5.42. The van der Waals surface area contributed by atoms with E-state index in [1.165, 1.54) is 4.90 Å². The van der Waals surface area contributed by atoms with Gasteiger partial charge < -0.3 is 14.2 Å². The zero-order valence-electron chi connectivity index (χ0n) is 18.1. The molecule has 0 bridgehead atoms. The summed E-state index contributed by atoms with van der Waals surface area (Å²) >= 11 is 6.98. The average molecular weight is 476 g/mol. The van der Waals surface area contributed by atoms with Crippen LogP contribution < -0.4 is 14.2 Å². The largest absolute Gasteiger partial charge is 0.490 e. The third-order valence-electron chi connectivity index (χ3n) is 4.60. The van der Waals surface area contributed by atoms with Crippen LogP contribution in [0.25, 0.3) is 6.08 Å². The highest BCUT2D eigenvalue weighted by Crippen LogP contribution is 2.35. The van der Waals surface area contributed by atoms with Crippen LogP contribution in [0.15, 0.2) is 47.4 Å². The summed E-state index contributed by atoms with van der Waals surface area (Å²) in [4.78, 5) is 26.7. The summed E-state index contributed by atoms with van der Waals surface area (Å²) in [5.41, 5.74) is 0.758. The molecule has 170 valence electrons. The van der Waals surface area contributed by atoms with Crippen molar-refractivity contribution in [1.29, 1.82) is 0 Å². The number of unbranched alkanes of at least 4 members (excludes halogenated alkanes) is 1. The quantitative estimate of drug-likeness (QED) is 0.292. The van der Waals surface area contributed by atoms with Gasteiger partial charge in [0.2, 0.25) is 0 Å². The summed E-state index contributed by atoms with van der Waals surface area (Å²) in [5.74, 6) is 1.46. The number of imide groups is 1. The summed E-state index contributed by atoms with van der Waals surface area (Å²) in [6, 6.07) is 12.6. The van der Waals surface area contributed by atoms with Gasteiger partial charge in [-0.1, -0.05) is 43.1 Å². The summed E-state index contributed by atoms with van der Waals surface area (Å²) < 4.78 is 17.1. The molecule has 0 aromatic heterocycles. The first-order chi connectivity index (χ1) is 15.5. The highest BCUT2D eigenvalue weighted by molar-refractivity contribution is 8.18. The Bertz CT molecular complexity index is 994. The second-order valence-corrected chi connectivity index (χ2v) is 8.35. The molecule has 0 radical (unpaired) electrons. The van der Waals surface area contributed by atoms with Gasteiger partial charge in [0.05, 0.1) is 29.7 Å². The minimum absolute atomic E-state index is 0.141.